The summed E-state index contributed by atoms with van der Waals surface area (Å²) in [6.07, 6.45) is 0.643. The van der Waals surface area contributed by atoms with Gasteiger partial charge in [-0.05, 0) is 27.0 Å². The van der Waals surface area contributed by atoms with Gasteiger partial charge < -0.3 is 4.74 Å². The molecule has 1 aliphatic rings. The van der Waals surface area contributed by atoms with Crippen molar-refractivity contribution in [2.24, 2.45) is 0 Å². The largest absolute Gasteiger partial charge is 0.487 e. The molecule has 2 rings (SSSR count). The molecule has 1 N–H and O–H groups in total. The van der Waals surface area contributed by atoms with E-state index in [4.69, 9.17) is 4.74 Å². The first kappa shape index (κ1) is 11.0. The van der Waals surface area contributed by atoms with Crippen molar-refractivity contribution >= 4 is 0 Å². The van der Waals surface area contributed by atoms with Crippen molar-refractivity contribution in [3.05, 3.63) is 29.8 Å². The third kappa shape index (κ3) is 1.56. The zero-order valence-corrected chi connectivity index (χ0v) is 9.87. The lowest BCUT2D eigenvalue weighted by Gasteiger charge is -2.42. The van der Waals surface area contributed by atoms with Crippen molar-refractivity contribution in [3.8, 4) is 11.8 Å². The van der Waals surface area contributed by atoms with Gasteiger partial charge in [0.25, 0.3) is 0 Å². The van der Waals surface area contributed by atoms with Gasteiger partial charge in [0.2, 0.25) is 0 Å². The summed E-state index contributed by atoms with van der Waals surface area (Å²) in [5.41, 5.74) is -0.0369. The molecule has 3 heteroatoms. The van der Waals surface area contributed by atoms with Crippen LogP contribution in [0.25, 0.3) is 0 Å². The Morgan fingerprint density at radius 1 is 1.38 bits per heavy atom. The standard InChI is InChI=1S/C13H16N2O/c1-12(2)8-13(9-14,15-3)10-6-4-5-7-11(10)16-12/h4-7,15H,8H2,1-3H3. The number of ether oxygens (including phenoxy) is 1. The van der Waals surface area contributed by atoms with Crippen LogP contribution in [0.1, 0.15) is 25.8 Å². The minimum absolute atomic E-state index is 0.326. The van der Waals surface area contributed by atoms with Gasteiger partial charge >= 0.3 is 0 Å². The Hall–Kier alpha value is -1.53. The van der Waals surface area contributed by atoms with Gasteiger partial charge in [0, 0.05) is 12.0 Å². The fraction of sp³-hybridized carbons (Fsp3) is 0.462. The molecule has 0 bridgehead atoms. The van der Waals surface area contributed by atoms with Crippen molar-refractivity contribution < 1.29 is 4.74 Å². The fourth-order valence-corrected chi connectivity index (χ4v) is 2.35. The van der Waals surface area contributed by atoms with Crippen LogP contribution in [0.3, 0.4) is 0 Å². The highest BCUT2D eigenvalue weighted by molar-refractivity contribution is 5.45. The van der Waals surface area contributed by atoms with Gasteiger partial charge in [0.15, 0.2) is 0 Å². The van der Waals surface area contributed by atoms with Crippen LogP contribution in [0.15, 0.2) is 24.3 Å². The highest BCUT2D eigenvalue weighted by Gasteiger charge is 2.44. The summed E-state index contributed by atoms with van der Waals surface area (Å²) >= 11 is 0. The van der Waals surface area contributed by atoms with Crippen molar-refractivity contribution in [2.75, 3.05) is 7.05 Å². The van der Waals surface area contributed by atoms with Crippen LogP contribution in [-0.4, -0.2) is 12.6 Å². The Labute approximate surface area is 96.0 Å². The molecule has 0 saturated heterocycles. The van der Waals surface area contributed by atoms with Gasteiger partial charge in [0.1, 0.15) is 16.9 Å². The summed E-state index contributed by atoms with van der Waals surface area (Å²) in [6.45, 7) is 4.01. The number of rotatable bonds is 1. The van der Waals surface area contributed by atoms with Crippen LogP contribution in [0.5, 0.6) is 5.75 Å². The van der Waals surface area contributed by atoms with Crippen molar-refractivity contribution in [2.45, 2.75) is 31.4 Å². The van der Waals surface area contributed by atoms with Gasteiger partial charge in [0.05, 0.1) is 6.07 Å². The van der Waals surface area contributed by atoms with Crippen LogP contribution >= 0.6 is 0 Å². The van der Waals surface area contributed by atoms with E-state index in [1.807, 2.05) is 45.2 Å². The molecule has 1 aromatic carbocycles. The normalized spacial score (nSPS) is 26.4. The molecular weight excluding hydrogens is 200 g/mol. The van der Waals surface area contributed by atoms with E-state index in [0.717, 1.165) is 11.3 Å². The monoisotopic (exact) mass is 216 g/mol. The van der Waals surface area contributed by atoms with Crippen molar-refractivity contribution in [3.63, 3.8) is 0 Å². The number of nitriles is 1. The second kappa shape index (κ2) is 3.50. The third-order valence-electron chi connectivity index (χ3n) is 3.04. The maximum atomic E-state index is 9.45. The lowest BCUT2D eigenvalue weighted by Crippen LogP contribution is -2.50. The fourth-order valence-electron chi connectivity index (χ4n) is 2.35. The van der Waals surface area contributed by atoms with E-state index in [9.17, 15) is 5.26 Å². The molecule has 0 amide bonds. The van der Waals surface area contributed by atoms with Crippen LogP contribution in [0.2, 0.25) is 0 Å². The minimum atomic E-state index is -0.641. The summed E-state index contributed by atoms with van der Waals surface area (Å²) in [6, 6.07) is 10.1. The van der Waals surface area contributed by atoms with E-state index in [1.165, 1.54) is 0 Å². The summed E-state index contributed by atoms with van der Waals surface area (Å²) in [7, 11) is 1.82. The SMILES string of the molecule is CNC1(C#N)CC(C)(C)Oc2ccccc21. The molecule has 0 spiro atoms. The quantitative estimate of drug-likeness (QED) is 0.782. The summed E-state index contributed by atoms with van der Waals surface area (Å²) in [5, 5.41) is 12.6. The highest BCUT2D eigenvalue weighted by atomic mass is 16.5. The third-order valence-corrected chi connectivity index (χ3v) is 3.04. The Bertz CT molecular complexity index is 447. The molecule has 0 radical (unpaired) electrons. The molecule has 84 valence electrons. The zero-order valence-electron chi connectivity index (χ0n) is 9.87. The van der Waals surface area contributed by atoms with Gasteiger partial charge in [-0.2, -0.15) is 5.26 Å². The number of para-hydroxylation sites is 1. The van der Waals surface area contributed by atoms with E-state index in [1.54, 1.807) is 0 Å². The van der Waals surface area contributed by atoms with E-state index in [2.05, 4.69) is 11.4 Å². The molecule has 1 heterocycles. The number of nitrogens with one attached hydrogen (secondary N) is 1. The zero-order chi connectivity index (χ0) is 11.8. The van der Waals surface area contributed by atoms with E-state index >= 15 is 0 Å². The molecule has 16 heavy (non-hydrogen) atoms. The number of hydrogen-bond acceptors (Lipinski definition) is 3. The smallest absolute Gasteiger partial charge is 0.139 e. The van der Waals surface area contributed by atoms with E-state index in [0.29, 0.717) is 6.42 Å². The topological polar surface area (TPSA) is 45.0 Å². The van der Waals surface area contributed by atoms with Gasteiger partial charge in [-0.1, -0.05) is 18.2 Å². The Morgan fingerprint density at radius 2 is 2.06 bits per heavy atom. The Morgan fingerprint density at radius 3 is 2.69 bits per heavy atom. The second-order valence-corrected chi connectivity index (χ2v) is 4.80. The number of benzene rings is 1. The van der Waals surface area contributed by atoms with Crippen LogP contribution in [0, 0.1) is 11.3 Å². The highest BCUT2D eigenvalue weighted by Crippen LogP contribution is 2.42. The van der Waals surface area contributed by atoms with E-state index in [-0.39, 0.29) is 5.60 Å². The van der Waals surface area contributed by atoms with Crippen molar-refractivity contribution in [1.29, 1.82) is 5.26 Å². The van der Waals surface area contributed by atoms with Gasteiger partial charge in [-0.3, -0.25) is 5.32 Å². The molecule has 0 fully saturated rings. The average Bonchev–Trinajstić information content (AvgIpc) is 2.26. The minimum Gasteiger partial charge on any atom is -0.487 e. The molecule has 3 nitrogen and oxygen atoms in total. The first-order valence-corrected chi connectivity index (χ1v) is 5.42. The molecule has 0 aliphatic carbocycles. The molecule has 1 aromatic rings. The molecule has 0 saturated carbocycles. The number of nitrogens with zero attached hydrogens (tertiary/aromatic N) is 1. The molecule has 0 aromatic heterocycles. The molecular formula is C13H16N2O. The molecule has 1 unspecified atom stereocenters. The summed E-state index contributed by atoms with van der Waals surface area (Å²) < 4.78 is 5.89. The predicted molar refractivity (Wildman–Crippen MR) is 62.1 cm³/mol. The van der Waals surface area contributed by atoms with E-state index < -0.39 is 5.54 Å². The first-order valence-electron chi connectivity index (χ1n) is 5.42. The molecule has 1 aliphatic heterocycles. The lowest BCUT2D eigenvalue weighted by molar-refractivity contribution is 0.0512. The number of fused-ring (bicyclic) bond motifs is 1. The van der Waals surface area contributed by atoms with Crippen molar-refractivity contribution in [1.82, 2.24) is 5.32 Å². The summed E-state index contributed by atoms with van der Waals surface area (Å²) in [4.78, 5) is 0. The maximum Gasteiger partial charge on any atom is 0.139 e. The first-order chi connectivity index (χ1) is 7.53. The maximum absolute atomic E-state index is 9.45. The predicted octanol–water partition coefficient (Wildman–Crippen LogP) is 2.19. The molecule has 1 atom stereocenters. The van der Waals surface area contributed by atoms with Crippen LogP contribution < -0.4 is 10.1 Å². The van der Waals surface area contributed by atoms with Gasteiger partial charge in [-0.15, -0.1) is 0 Å². The average molecular weight is 216 g/mol. The van der Waals surface area contributed by atoms with Crippen LogP contribution in [0.4, 0.5) is 0 Å². The second-order valence-electron chi connectivity index (χ2n) is 4.80. The Balaban J connectivity index is 2.61. The van der Waals surface area contributed by atoms with Crippen LogP contribution in [-0.2, 0) is 5.54 Å². The lowest BCUT2D eigenvalue weighted by atomic mass is 9.79. The Kier molecular flexibility index (Phi) is 2.40. The number of hydrogen-bond donors (Lipinski definition) is 1. The summed E-state index contributed by atoms with van der Waals surface area (Å²) in [5.74, 6) is 0.801. The van der Waals surface area contributed by atoms with Gasteiger partial charge in [-0.25, -0.2) is 0 Å².